The maximum atomic E-state index is 11.7. The van der Waals surface area contributed by atoms with E-state index in [1.54, 1.807) is 31.2 Å². The van der Waals surface area contributed by atoms with Gasteiger partial charge in [-0.25, -0.2) is 4.79 Å². The quantitative estimate of drug-likeness (QED) is 0.382. The summed E-state index contributed by atoms with van der Waals surface area (Å²) < 4.78 is 4.59. The maximum Gasteiger partial charge on any atom is 0.330 e. The molecule has 134 valence electrons. The van der Waals surface area contributed by atoms with Gasteiger partial charge in [0.1, 0.15) is 0 Å². The van der Waals surface area contributed by atoms with Crippen LogP contribution in [0, 0.1) is 0 Å². The van der Waals surface area contributed by atoms with Crippen LogP contribution in [0.15, 0.2) is 36.4 Å². The third-order valence-electron chi connectivity index (χ3n) is 2.71. The number of hydrogen-bond acceptors (Lipinski definition) is 5. The number of esters is 1. The molecule has 0 unspecified atom stereocenters. The Balaban J connectivity index is 2.28. The Morgan fingerprint density at radius 2 is 1.72 bits per heavy atom. The molecule has 0 saturated carbocycles. The number of anilines is 1. The van der Waals surface area contributed by atoms with Gasteiger partial charge in [-0.05, 0) is 19.1 Å². The van der Waals surface area contributed by atoms with Crippen molar-refractivity contribution < 1.29 is 23.9 Å². The molecule has 1 aromatic rings. The van der Waals surface area contributed by atoms with Gasteiger partial charge < -0.3 is 10.1 Å². The standard InChI is InChI=1S/C16H18ClN3O5/c1-2-25-16(24)10-9-15(23)20-19-14(22)8-7-13(21)18-12-6-4-3-5-11(12)17/h3-6,9-10H,2,7-8H2,1H3,(H,18,21)(H,19,22)(H,20,23)/b10-9+. The molecule has 0 radical (unpaired) electrons. The van der Waals surface area contributed by atoms with Gasteiger partial charge in [0.15, 0.2) is 0 Å². The van der Waals surface area contributed by atoms with Crippen LogP contribution in [0.5, 0.6) is 0 Å². The Morgan fingerprint density at radius 3 is 2.40 bits per heavy atom. The van der Waals surface area contributed by atoms with Crippen molar-refractivity contribution in [1.82, 2.24) is 10.9 Å². The summed E-state index contributed by atoms with van der Waals surface area (Å²) in [6, 6.07) is 6.71. The fraction of sp³-hybridized carbons (Fsp3) is 0.250. The molecule has 1 rings (SSSR count). The molecule has 8 nitrogen and oxygen atoms in total. The van der Waals surface area contributed by atoms with Crippen molar-refractivity contribution in [3.8, 4) is 0 Å². The van der Waals surface area contributed by atoms with Crippen molar-refractivity contribution in [2.24, 2.45) is 0 Å². The first kappa shape index (κ1) is 20.2. The van der Waals surface area contributed by atoms with Crippen LogP contribution in [0.25, 0.3) is 0 Å². The predicted octanol–water partition coefficient (Wildman–Crippen LogP) is 1.33. The molecule has 0 aromatic heterocycles. The van der Waals surface area contributed by atoms with Crippen molar-refractivity contribution >= 4 is 41.0 Å². The first-order chi connectivity index (χ1) is 11.9. The van der Waals surface area contributed by atoms with Crippen LogP contribution in [0.1, 0.15) is 19.8 Å². The molecule has 9 heteroatoms. The third kappa shape index (κ3) is 8.52. The minimum Gasteiger partial charge on any atom is -0.463 e. The molecule has 0 saturated heterocycles. The zero-order valence-electron chi connectivity index (χ0n) is 13.5. The molecule has 0 spiro atoms. The first-order valence-corrected chi connectivity index (χ1v) is 7.78. The predicted molar refractivity (Wildman–Crippen MR) is 91.4 cm³/mol. The molecule has 0 aliphatic carbocycles. The van der Waals surface area contributed by atoms with Crippen molar-refractivity contribution in [3.05, 3.63) is 41.4 Å². The van der Waals surface area contributed by atoms with Gasteiger partial charge in [-0.15, -0.1) is 0 Å². The normalized spacial score (nSPS) is 10.2. The number of para-hydroxylation sites is 1. The molecular formula is C16H18ClN3O5. The van der Waals surface area contributed by atoms with Crippen molar-refractivity contribution in [2.75, 3.05) is 11.9 Å². The van der Waals surface area contributed by atoms with Gasteiger partial charge >= 0.3 is 5.97 Å². The summed E-state index contributed by atoms with van der Waals surface area (Å²) in [5.74, 6) is -2.33. The van der Waals surface area contributed by atoms with Gasteiger partial charge in [0.05, 0.1) is 17.3 Å². The van der Waals surface area contributed by atoms with E-state index in [0.717, 1.165) is 12.2 Å². The number of halogens is 1. The van der Waals surface area contributed by atoms with E-state index in [2.05, 4.69) is 20.9 Å². The Labute approximate surface area is 149 Å². The summed E-state index contributed by atoms with van der Waals surface area (Å²) in [5, 5.41) is 2.96. The molecule has 25 heavy (non-hydrogen) atoms. The highest BCUT2D eigenvalue weighted by Gasteiger charge is 2.09. The van der Waals surface area contributed by atoms with Crippen molar-refractivity contribution in [2.45, 2.75) is 19.8 Å². The Morgan fingerprint density at radius 1 is 1.04 bits per heavy atom. The van der Waals surface area contributed by atoms with E-state index < -0.39 is 23.7 Å². The number of hydrazine groups is 1. The highest BCUT2D eigenvalue weighted by molar-refractivity contribution is 6.33. The molecule has 0 aliphatic rings. The average molecular weight is 368 g/mol. The molecule has 0 heterocycles. The number of nitrogens with one attached hydrogen (secondary N) is 3. The molecule has 0 bridgehead atoms. The monoisotopic (exact) mass is 367 g/mol. The second-order valence-electron chi connectivity index (χ2n) is 4.65. The lowest BCUT2D eigenvalue weighted by atomic mass is 10.2. The highest BCUT2D eigenvalue weighted by Crippen LogP contribution is 2.20. The summed E-state index contributed by atoms with van der Waals surface area (Å²) >= 11 is 5.91. The summed E-state index contributed by atoms with van der Waals surface area (Å²) in [6.45, 7) is 1.83. The van der Waals surface area contributed by atoms with E-state index in [0.29, 0.717) is 10.7 Å². The Bertz CT molecular complexity index is 675. The molecular weight excluding hydrogens is 350 g/mol. The van der Waals surface area contributed by atoms with Gasteiger partial charge in [-0.1, -0.05) is 23.7 Å². The lowest BCUT2D eigenvalue weighted by Crippen LogP contribution is -2.41. The van der Waals surface area contributed by atoms with Crippen molar-refractivity contribution in [1.29, 1.82) is 0 Å². The number of benzene rings is 1. The smallest absolute Gasteiger partial charge is 0.330 e. The summed E-state index contributed by atoms with van der Waals surface area (Å²) in [4.78, 5) is 45.7. The van der Waals surface area contributed by atoms with Crippen LogP contribution < -0.4 is 16.2 Å². The SMILES string of the molecule is CCOC(=O)/C=C/C(=O)NNC(=O)CCC(=O)Nc1ccccc1Cl. The topological polar surface area (TPSA) is 114 Å². The Hall–Kier alpha value is -2.87. The summed E-state index contributed by atoms with van der Waals surface area (Å²) in [5.41, 5.74) is 4.65. The molecule has 3 amide bonds. The van der Waals surface area contributed by atoms with Gasteiger partial charge in [0.2, 0.25) is 11.8 Å². The zero-order valence-corrected chi connectivity index (χ0v) is 14.3. The number of carbonyl (C=O) groups excluding carboxylic acids is 4. The van der Waals surface area contributed by atoms with Crippen LogP contribution in [0.4, 0.5) is 5.69 Å². The van der Waals surface area contributed by atoms with E-state index >= 15 is 0 Å². The lowest BCUT2D eigenvalue weighted by molar-refractivity contribution is -0.137. The lowest BCUT2D eigenvalue weighted by Gasteiger charge is -2.07. The van der Waals surface area contributed by atoms with E-state index in [1.165, 1.54) is 0 Å². The molecule has 1 aromatic carbocycles. The molecule has 0 aliphatic heterocycles. The number of ether oxygens (including phenoxy) is 1. The first-order valence-electron chi connectivity index (χ1n) is 7.40. The van der Waals surface area contributed by atoms with Crippen LogP contribution in [-0.2, 0) is 23.9 Å². The molecule has 0 fully saturated rings. The van der Waals surface area contributed by atoms with Gasteiger partial charge in [0.25, 0.3) is 5.91 Å². The largest absolute Gasteiger partial charge is 0.463 e. The second kappa shape index (κ2) is 10.8. The van der Waals surface area contributed by atoms with Gasteiger partial charge in [-0.3, -0.25) is 25.2 Å². The van der Waals surface area contributed by atoms with Crippen LogP contribution in [0.2, 0.25) is 5.02 Å². The fourth-order valence-electron chi connectivity index (χ4n) is 1.57. The summed E-state index contributed by atoms with van der Waals surface area (Å²) in [7, 11) is 0. The van der Waals surface area contributed by atoms with E-state index in [1.807, 2.05) is 0 Å². The van der Waals surface area contributed by atoms with E-state index in [4.69, 9.17) is 11.6 Å². The maximum absolute atomic E-state index is 11.7. The van der Waals surface area contributed by atoms with Gasteiger partial charge in [-0.2, -0.15) is 0 Å². The van der Waals surface area contributed by atoms with Crippen LogP contribution in [-0.4, -0.2) is 30.3 Å². The fourth-order valence-corrected chi connectivity index (χ4v) is 1.75. The highest BCUT2D eigenvalue weighted by atomic mass is 35.5. The van der Waals surface area contributed by atoms with E-state index in [-0.39, 0.29) is 19.4 Å². The minimum atomic E-state index is -0.707. The Kier molecular flexibility index (Phi) is 8.73. The number of rotatable bonds is 7. The molecule has 3 N–H and O–H groups in total. The summed E-state index contributed by atoms with van der Waals surface area (Å²) in [6.07, 6.45) is 1.62. The number of amides is 3. The van der Waals surface area contributed by atoms with Gasteiger partial charge in [0, 0.05) is 25.0 Å². The van der Waals surface area contributed by atoms with E-state index in [9.17, 15) is 19.2 Å². The number of carbonyl (C=O) groups is 4. The number of hydrogen-bond donors (Lipinski definition) is 3. The second-order valence-corrected chi connectivity index (χ2v) is 5.06. The molecule has 0 atom stereocenters. The zero-order chi connectivity index (χ0) is 18.7. The third-order valence-corrected chi connectivity index (χ3v) is 3.04. The average Bonchev–Trinajstić information content (AvgIpc) is 2.58. The minimum absolute atomic E-state index is 0.0917. The van der Waals surface area contributed by atoms with Crippen LogP contribution in [0.3, 0.4) is 0 Å². The van der Waals surface area contributed by atoms with Crippen molar-refractivity contribution in [3.63, 3.8) is 0 Å². The van der Waals surface area contributed by atoms with Crippen LogP contribution >= 0.6 is 11.6 Å².